The molecule has 0 aromatic heterocycles. The molecule has 5 amide bonds. The number of rotatable bonds is 20. The lowest BCUT2D eigenvalue weighted by molar-refractivity contribution is -0.134. The first-order valence-corrected chi connectivity index (χ1v) is 16.6. The first kappa shape index (κ1) is 39.3. The summed E-state index contributed by atoms with van der Waals surface area (Å²) in [5.41, 5.74) is 0. The highest BCUT2D eigenvalue weighted by Crippen LogP contribution is 2.15. The van der Waals surface area contributed by atoms with Crippen molar-refractivity contribution in [3.05, 3.63) is 0 Å². The van der Waals surface area contributed by atoms with Gasteiger partial charge in [0.15, 0.2) is 0 Å². The summed E-state index contributed by atoms with van der Waals surface area (Å²) in [6.45, 7) is 17.2. The van der Waals surface area contributed by atoms with Gasteiger partial charge in [0.25, 0.3) is 0 Å². The molecule has 3 unspecified atom stereocenters. The second kappa shape index (κ2) is 21.1. The summed E-state index contributed by atoms with van der Waals surface area (Å²) >= 11 is 0. The minimum Gasteiger partial charge on any atom is -0.381 e. The highest BCUT2D eigenvalue weighted by Gasteiger charge is 2.30. The third kappa shape index (κ3) is 14.4. The van der Waals surface area contributed by atoms with Crippen molar-refractivity contribution in [2.24, 2.45) is 17.8 Å². The Morgan fingerprint density at radius 3 is 1.82 bits per heavy atom. The molecule has 0 radical (unpaired) electrons. The lowest BCUT2D eigenvalue weighted by Gasteiger charge is -2.28. The van der Waals surface area contributed by atoms with Crippen molar-refractivity contribution in [2.45, 2.75) is 131 Å². The smallest absolute Gasteiger partial charge is 0.243 e. The Kier molecular flexibility index (Phi) is 18.8. The molecule has 12 nitrogen and oxygen atoms in total. The molecule has 6 N–H and O–H groups in total. The number of hydrogen-bond acceptors (Lipinski definition) is 7. The number of carbonyl (C=O) groups is 5. The fourth-order valence-corrected chi connectivity index (χ4v) is 5.21. The SMILES string of the molecule is CCCC(NC(=O)[C@H](CCC)NC(=O)C1CCOCC1)C(=O)N[C@H](CNC(C)C(=O)NC(C(=O)NCC)C(C)C)CC(C)C. The van der Waals surface area contributed by atoms with Gasteiger partial charge in [-0.3, -0.25) is 24.0 Å². The molecule has 1 aliphatic heterocycles. The van der Waals surface area contributed by atoms with Crippen LogP contribution in [0.15, 0.2) is 0 Å². The Morgan fingerprint density at radius 2 is 1.30 bits per heavy atom. The molecule has 12 heteroatoms. The summed E-state index contributed by atoms with van der Waals surface area (Å²) in [4.78, 5) is 64.9. The molecule has 254 valence electrons. The van der Waals surface area contributed by atoms with Crippen molar-refractivity contribution in [3.63, 3.8) is 0 Å². The molecule has 1 rings (SSSR count). The van der Waals surface area contributed by atoms with Crippen LogP contribution in [0.25, 0.3) is 0 Å². The predicted molar refractivity (Wildman–Crippen MR) is 172 cm³/mol. The maximum atomic E-state index is 13.5. The van der Waals surface area contributed by atoms with Crippen LogP contribution in [0.1, 0.15) is 100 Å². The van der Waals surface area contributed by atoms with Crippen LogP contribution in [0.5, 0.6) is 0 Å². The van der Waals surface area contributed by atoms with Crippen LogP contribution in [-0.2, 0) is 28.7 Å². The molecule has 0 aromatic carbocycles. The Morgan fingerprint density at radius 1 is 0.727 bits per heavy atom. The normalized spacial score (nSPS) is 17.2. The Balaban J connectivity index is 2.86. The number of amides is 5. The van der Waals surface area contributed by atoms with E-state index in [4.69, 9.17) is 4.74 Å². The van der Waals surface area contributed by atoms with E-state index >= 15 is 0 Å². The second-order valence-corrected chi connectivity index (χ2v) is 12.7. The first-order valence-electron chi connectivity index (χ1n) is 16.6. The molecule has 1 fully saturated rings. The average Bonchev–Trinajstić information content (AvgIpc) is 2.97. The van der Waals surface area contributed by atoms with Gasteiger partial charge in [-0.05, 0) is 57.8 Å². The van der Waals surface area contributed by atoms with Crippen molar-refractivity contribution >= 4 is 29.5 Å². The van der Waals surface area contributed by atoms with E-state index in [0.29, 0.717) is 71.2 Å². The van der Waals surface area contributed by atoms with Gasteiger partial charge in [-0.15, -0.1) is 0 Å². The van der Waals surface area contributed by atoms with Crippen molar-refractivity contribution in [1.29, 1.82) is 0 Å². The molecule has 44 heavy (non-hydrogen) atoms. The van der Waals surface area contributed by atoms with Gasteiger partial charge >= 0.3 is 0 Å². The summed E-state index contributed by atoms with van der Waals surface area (Å²) in [6.07, 6.45) is 4.22. The molecule has 1 heterocycles. The van der Waals surface area contributed by atoms with Gasteiger partial charge in [0.1, 0.15) is 18.1 Å². The summed E-state index contributed by atoms with van der Waals surface area (Å²) in [7, 11) is 0. The van der Waals surface area contributed by atoms with Gasteiger partial charge in [0.05, 0.1) is 6.04 Å². The zero-order valence-electron chi connectivity index (χ0n) is 28.3. The molecular weight excluding hydrogens is 564 g/mol. The number of carbonyl (C=O) groups excluding carboxylic acids is 5. The summed E-state index contributed by atoms with van der Waals surface area (Å²) < 4.78 is 5.35. The average molecular weight is 625 g/mol. The van der Waals surface area contributed by atoms with Gasteiger partial charge < -0.3 is 36.6 Å². The lowest BCUT2D eigenvalue weighted by atomic mass is 9.98. The Bertz CT molecular complexity index is 908. The zero-order chi connectivity index (χ0) is 33.2. The van der Waals surface area contributed by atoms with Crippen molar-refractivity contribution in [1.82, 2.24) is 31.9 Å². The molecule has 0 spiro atoms. The van der Waals surface area contributed by atoms with Crippen LogP contribution in [0.2, 0.25) is 0 Å². The van der Waals surface area contributed by atoms with Gasteiger partial charge in [-0.1, -0.05) is 54.4 Å². The van der Waals surface area contributed by atoms with Gasteiger partial charge in [0, 0.05) is 38.3 Å². The third-order valence-electron chi connectivity index (χ3n) is 7.78. The van der Waals surface area contributed by atoms with E-state index in [-0.39, 0.29) is 53.3 Å². The molecule has 5 atom stereocenters. The number of hydrogen-bond donors (Lipinski definition) is 6. The summed E-state index contributed by atoms with van der Waals surface area (Å²) in [5.74, 6) is -1.32. The fraction of sp³-hybridized carbons (Fsp3) is 0.844. The summed E-state index contributed by atoms with van der Waals surface area (Å²) in [6, 6.07) is -3.01. The second-order valence-electron chi connectivity index (χ2n) is 12.7. The van der Waals surface area contributed by atoms with Gasteiger partial charge in [-0.25, -0.2) is 0 Å². The number of ether oxygens (including phenoxy) is 1. The Labute approximate surface area is 264 Å². The van der Waals surface area contributed by atoms with E-state index in [0.717, 1.165) is 0 Å². The van der Waals surface area contributed by atoms with Crippen molar-refractivity contribution in [2.75, 3.05) is 26.3 Å². The predicted octanol–water partition coefficient (Wildman–Crippen LogP) is 1.77. The summed E-state index contributed by atoms with van der Waals surface area (Å²) in [5, 5.41) is 17.7. The minimum absolute atomic E-state index is 0.0801. The van der Waals surface area contributed by atoms with Crippen LogP contribution >= 0.6 is 0 Å². The quantitative estimate of drug-likeness (QED) is 0.120. The molecule has 0 aromatic rings. The maximum absolute atomic E-state index is 13.5. The largest absolute Gasteiger partial charge is 0.381 e. The zero-order valence-corrected chi connectivity index (χ0v) is 28.3. The van der Waals surface area contributed by atoms with E-state index in [1.54, 1.807) is 6.92 Å². The van der Waals surface area contributed by atoms with Gasteiger partial charge in [0.2, 0.25) is 29.5 Å². The molecule has 0 saturated carbocycles. The van der Waals surface area contributed by atoms with Crippen LogP contribution in [-0.4, -0.2) is 86.0 Å². The lowest BCUT2D eigenvalue weighted by Crippen LogP contribution is -2.57. The van der Waals surface area contributed by atoms with Crippen LogP contribution < -0.4 is 31.9 Å². The van der Waals surface area contributed by atoms with E-state index in [9.17, 15) is 24.0 Å². The van der Waals surface area contributed by atoms with E-state index < -0.39 is 24.2 Å². The van der Waals surface area contributed by atoms with E-state index in [2.05, 4.69) is 45.7 Å². The highest BCUT2D eigenvalue weighted by atomic mass is 16.5. The van der Waals surface area contributed by atoms with E-state index in [1.807, 2.05) is 34.6 Å². The minimum atomic E-state index is -0.758. The van der Waals surface area contributed by atoms with E-state index in [1.165, 1.54) is 0 Å². The fourth-order valence-electron chi connectivity index (χ4n) is 5.21. The number of likely N-dealkylation sites (N-methyl/N-ethyl adjacent to an activating group) is 1. The first-order chi connectivity index (χ1) is 20.8. The molecule has 0 aliphatic carbocycles. The monoisotopic (exact) mass is 624 g/mol. The van der Waals surface area contributed by atoms with Gasteiger partial charge in [-0.2, -0.15) is 0 Å². The Hall–Kier alpha value is -2.73. The van der Waals surface area contributed by atoms with Crippen LogP contribution in [0, 0.1) is 17.8 Å². The number of nitrogens with one attached hydrogen (secondary N) is 6. The molecular formula is C32H60N6O6. The third-order valence-corrected chi connectivity index (χ3v) is 7.78. The topological polar surface area (TPSA) is 167 Å². The highest BCUT2D eigenvalue weighted by molar-refractivity contribution is 5.92. The standard InChI is InChI=1S/C32H60N6O6/c1-9-12-25(37-31(42)26(13-10-2)36-29(40)23-14-16-44-17-15-23)30(41)35-24(18-20(4)5)19-34-22(8)28(39)38-27(21(6)7)32(43)33-11-3/h20-27,34H,9-19H2,1-8H3,(H,33,43)(H,35,41)(H,36,40)(H,37,42)(H,38,39)/t22?,24-,25?,26-,27?/m0/s1. The van der Waals surface area contributed by atoms with Crippen molar-refractivity contribution in [3.8, 4) is 0 Å². The maximum Gasteiger partial charge on any atom is 0.243 e. The molecule has 0 bridgehead atoms. The molecule has 1 aliphatic rings. The molecule has 1 saturated heterocycles. The van der Waals surface area contributed by atoms with Crippen LogP contribution in [0.4, 0.5) is 0 Å². The van der Waals surface area contributed by atoms with Crippen molar-refractivity contribution < 1.29 is 28.7 Å². The van der Waals surface area contributed by atoms with Crippen LogP contribution in [0.3, 0.4) is 0 Å².